The van der Waals surface area contributed by atoms with Crippen LogP contribution in [0.5, 0.6) is 0 Å². The van der Waals surface area contributed by atoms with E-state index in [-0.39, 0.29) is 0 Å². The van der Waals surface area contributed by atoms with E-state index in [1.54, 1.807) is 0 Å². The number of nitrogens with one attached hydrogen (secondary N) is 1. The third-order valence-corrected chi connectivity index (χ3v) is 4.19. The highest BCUT2D eigenvalue weighted by atomic mass is 15.0. The zero-order chi connectivity index (χ0) is 14.9. The van der Waals surface area contributed by atoms with Crippen LogP contribution in [0.2, 0.25) is 0 Å². The van der Waals surface area contributed by atoms with Crippen LogP contribution in [0.25, 0.3) is 10.9 Å². The fourth-order valence-corrected chi connectivity index (χ4v) is 2.99. The van der Waals surface area contributed by atoms with Crippen LogP contribution in [-0.4, -0.2) is 11.1 Å². The lowest BCUT2D eigenvalue weighted by Crippen LogP contribution is -2.12. The Bertz CT molecular complexity index is 527. The van der Waals surface area contributed by atoms with Crippen molar-refractivity contribution in [2.45, 2.75) is 65.5 Å². The summed E-state index contributed by atoms with van der Waals surface area (Å²) in [7, 11) is 0. The molecule has 116 valence electrons. The first kappa shape index (κ1) is 16.1. The molecule has 2 nitrogen and oxygen atoms in total. The highest BCUT2D eigenvalue weighted by Crippen LogP contribution is 2.21. The Morgan fingerprint density at radius 1 is 0.952 bits per heavy atom. The second-order valence-electron chi connectivity index (χ2n) is 5.91. The fraction of sp³-hybridized carbons (Fsp3) is 0.579. The number of hydrogen-bond acceptors (Lipinski definition) is 1. The van der Waals surface area contributed by atoms with Crippen molar-refractivity contribution in [2.24, 2.45) is 0 Å². The van der Waals surface area contributed by atoms with Crippen molar-refractivity contribution in [1.82, 2.24) is 9.88 Å². The van der Waals surface area contributed by atoms with Gasteiger partial charge in [-0.3, -0.25) is 0 Å². The van der Waals surface area contributed by atoms with Crippen LogP contribution >= 0.6 is 0 Å². The minimum Gasteiger partial charge on any atom is -0.347 e. The van der Waals surface area contributed by atoms with E-state index in [4.69, 9.17) is 0 Å². The Hall–Kier alpha value is -1.28. The standard InChI is InChI=1S/C19H30N2/c1-3-5-6-7-8-9-14-21-15-13-17-11-10-12-18(19(17)21)16-20-4-2/h10-13,15,20H,3-9,14,16H2,1-2H3. The molecule has 0 bridgehead atoms. The van der Waals surface area contributed by atoms with Gasteiger partial charge in [-0.05, 0) is 30.0 Å². The molecule has 0 fully saturated rings. The molecule has 1 aromatic heterocycles. The van der Waals surface area contributed by atoms with Gasteiger partial charge in [0.2, 0.25) is 0 Å². The van der Waals surface area contributed by atoms with E-state index in [1.807, 2.05) is 0 Å². The van der Waals surface area contributed by atoms with Crippen molar-refractivity contribution in [3.8, 4) is 0 Å². The van der Waals surface area contributed by atoms with Crippen LogP contribution < -0.4 is 5.32 Å². The molecule has 2 aromatic rings. The quantitative estimate of drug-likeness (QED) is 0.600. The summed E-state index contributed by atoms with van der Waals surface area (Å²) in [5, 5.41) is 4.82. The Balaban J connectivity index is 1.96. The molecule has 1 aromatic carbocycles. The lowest BCUT2D eigenvalue weighted by atomic mass is 10.1. The minimum absolute atomic E-state index is 0.967. The summed E-state index contributed by atoms with van der Waals surface area (Å²) >= 11 is 0. The second-order valence-corrected chi connectivity index (χ2v) is 5.91. The second kappa shape index (κ2) is 8.89. The number of nitrogens with zero attached hydrogens (tertiary/aromatic N) is 1. The Morgan fingerprint density at radius 2 is 1.76 bits per heavy atom. The fourth-order valence-electron chi connectivity index (χ4n) is 2.99. The van der Waals surface area contributed by atoms with Crippen molar-refractivity contribution in [3.63, 3.8) is 0 Å². The highest BCUT2D eigenvalue weighted by molar-refractivity contribution is 5.83. The molecule has 2 rings (SSSR count). The number of hydrogen-bond donors (Lipinski definition) is 1. The number of aryl methyl sites for hydroxylation is 1. The van der Waals surface area contributed by atoms with Crippen molar-refractivity contribution in [3.05, 3.63) is 36.0 Å². The molecule has 1 N–H and O–H groups in total. The molecule has 0 spiro atoms. The van der Waals surface area contributed by atoms with E-state index in [2.05, 4.69) is 54.2 Å². The predicted molar refractivity (Wildman–Crippen MR) is 92.7 cm³/mol. The lowest BCUT2D eigenvalue weighted by molar-refractivity contribution is 0.564. The van der Waals surface area contributed by atoms with Crippen molar-refractivity contribution in [2.75, 3.05) is 6.54 Å². The first-order chi connectivity index (χ1) is 10.4. The van der Waals surface area contributed by atoms with E-state index in [0.29, 0.717) is 0 Å². The number of unbranched alkanes of at least 4 members (excludes halogenated alkanes) is 5. The molecule has 1 heterocycles. The van der Waals surface area contributed by atoms with Gasteiger partial charge >= 0.3 is 0 Å². The summed E-state index contributed by atoms with van der Waals surface area (Å²) in [6, 6.07) is 8.90. The number of para-hydroxylation sites is 1. The molecule has 0 saturated carbocycles. The van der Waals surface area contributed by atoms with Crippen LogP contribution in [0.4, 0.5) is 0 Å². The van der Waals surface area contributed by atoms with Crippen molar-refractivity contribution in [1.29, 1.82) is 0 Å². The molecule has 2 heteroatoms. The minimum atomic E-state index is 0.967. The normalized spacial score (nSPS) is 11.3. The van der Waals surface area contributed by atoms with Gasteiger partial charge in [-0.25, -0.2) is 0 Å². The maximum absolute atomic E-state index is 3.45. The van der Waals surface area contributed by atoms with Crippen LogP contribution in [0.15, 0.2) is 30.5 Å². The third kappa shape index (κ3) is 4.60. The van der Waals surface area contributed by atoms with Crippen LogP contribution in [0, 0.1) is 0 Å². The van der Waals surface area contributed by atoms with Gasteiger partial charge in [0, 0.05) is 19.3 Å². The Labute approximate surface area is 129 Å². The summed E-state index contributed by atoms with van der Waals surface area (Å²) in [6.45, 7) is 7.58. The molecule has 0 aliphatic heterocycles. The van der Waals surface area contributed by atoms with Gasteiger partial charge in [0.25, 0.3) is 0 Å². The average Bonchev–Trinajstić information content (AvgIpc) is 2.92. The smallest absolute Gasteiger partial charge is 0.0525 e. The van der Waals surface area contributed by atoms with E-state index < -0.39 is 0 Å². The Kier molecular flexibility index (Phi) is 6.81. The van der Waals surface area contributed by atoms with Gasteiger partial charge in [0.15, 0.2) is 0 Å². The van der Waals surface area contributed by atoms with Gasteiger partial charge in [0.05, 0.1) is 5.52 Å². The first-order valence-electron chi connectivity index (χ1n) is 8.64. The van der Waals surface area contributed by atoms with Gasteiger partial charge < -0.3 is 9.88 Å². The topological polar surface area (TPSA) is 17.0 Å². The lowest BCUT2D eigenvalue weighted by Gasteiger charge is -2.10. The number of benzene rings is 1. The first-order valence-corrected chi connectivity index (χ1v) is 8.64. The van der Waals surface area contributed by atoms with Crippen LogP contribution in [0.3, 0.4) is 0 Å². The van der Waals surface area contributed by atoms with Crippen LogP contribution in [-0.2, 0) is 13.1 Å². The van der Waals surface area contributed by atoms with Gasteiger partial charge in [0.1, 0.15) is 0 Å². The molecule has 0 radical (unpaired) electrons. The summed E-state index contributed by atoms with van der Waals surface area (Å²) in [5.41, 5.74) is 2.84. The van der Waals surface area contributed by atoms with Gasteiger partial charge in [-0.2, -0.15) is 0 Å². The summed E-state index contributed by atoms with van der Waals surface area (Å²) in [4.78, 5) is 0. The predicted octanol–water partition coefficient (Wildman–Crippen LogP) is 5.11. The third-order valence-electron chi connectivity index (χ3n) is 4.19. The molecule has 0 aliphatic rings. The number of fused-ring (bicyclic) bond motifs is 1. The average molecular weight is 286 g/mol. The summed E-state index contributed by atoms with van der Waals surface area (Å²) in [6.07, 6.45) is 10.4. The van der Waals surface area contributed by atoms with Gasteiger partial charge in [-0.15, -0.1) is 0 Å². The maximum atomic E-state index is 3.45. The largest absolute Gasteiger partial charge is 0.347 e. The van der Waals surface area contributed by atoms with Gasteiger partial charge in [-0.1, -0.05) is 64.2 Å². The van der Waals surface area contributed by atoms with E-state index in [0.717, 1.165) is 19.6 Å². The van der Waals surface area contributed by atoms with Crippen molar-refractivity contribution < 1.29 is 0 Å². The maximum Gasteiger partial charge on any atom is 0.0525 e. The zero-order valence-corrected chi connectivity index (χ0v) is 13.7. The van der Waals surface area contributed by atoms with Crippen molar-refractivity contribution >= 4 is 10.9 Å². The number of rotatable bonds is 10. The van der Waals surface area contributed by atoms with E-state index in [9.17, 15) is 0 Å². The van der Waals surface area contributed by atoms with E-state index >= 15 is 0 Å². The van der Waals surface area contributed by atoms with E-state index in [1.165, 1.54) is 55.0 Å². The SMILES string of the molecule is CCCCCCCCn1ccc2cccc(CNCC)c21. The summed E-state index contributed by atoms with van der Waals surface area (Å²) < 4.78 is 2.45. The molecule has 0 amide bonds. The van der Waals surface area contributed by atoms with Crippen LogP contribution in [0.1, 0.15) is 57.9 Å². The molecule has 0 atom stereocenters. The summed E-state index contributed by atoms with van der Waals surface area (Å²) in [5.74, 6) is 0. The zero-order valence-electron chi connectivity index (χ0n) is 13.7. The molecule has 0 aliphatic carbocycles. The molecule has 0 unspecified atom stereocenters. The molecular formula is C19H30N2. The highest BCUT2D eigenvalue weighted by Gasteiger charge is 2.06. The monoisotopic (exact) mass is 286 g/mol. The number of aromatic nitrogens is 1. The molecular weight excluding hydrogens is 256 g/mol. The molecule has 0 saturated heterocycles. The molecule has 21 heavy (non-hydrogen) atoms. The Morgan fingerprint density at radius 3 is 2.57 bits per heavy atom.